The Morgan fingerprint density at radius 2 is 2.16 bits per heavy atom. The van der Waals surface area contributed by atoms with Crippen molar-refractivity contribution in [1.29, 1.82) is 0 Å². The van der Waals surface area contributed by atoms with Gasteiger partial charge < -0.3 is 9.88 Å². The molecule has 1 amide bonds. The van der Waals surface area contributed by atoms with Crippen LogP contribution in [0.25, 0.3) is 11.0 Å². The van der Waals surface area contributed by atoms with Gasteiger partial charge in [-0.2, -0.15) is 0 Å². The van der Waals surface area contributed by atoms with Crippen LogP contribution in [-0.2, 0) is 6.42 Å². The first-order valence-corrected chi connectivity index (χ1v) is 8.70. The molecule has 1 N–H and O–H groups in total. The van der Waals surface area contributed by atoms with Crippen molar-refractivity contribution in [3.63, 3.8) is 0 Å². The van der Waals surface area contributed by atoms with Gasteiger partial charge in [0, 0.05) is 25.7 Å². The molecular formula is C19H21N5O. The summed E-state index contributed by atoms with van der Waals surface area (Å²) in [6.07, 6.45) is 6.19. The molecule has 3 heterocycles. The van der Waals surface area contributed by atoms with Crippen molar-refractivity contribution >= 4 is 16.9 Å². The van der Waals surface area contributed by atoms with Crippen LogP contribution in [0.3, 0.4) is 0 Å². The first-order chi connectivity index (χ1) is 12.2. The molecule has 0 radical (unpaired) electrons. The number of carbonyl (C=O) groups is 1. The summed E-state index contributed by atoms with van der Waals surface area (Å²) in [5.41, 5.74) is 3.31. The quantitative estimate of drug-likeness (QED) is 0.798. The number of rotatable bonds is 3. The summed E-state index contributed by atoms with van der Waals surface area (Å²) in [5.74, 6) is 1.38. The molecule has 3 aromatic rings. The van der Waals surface area contributed by atoms with Crippen LogP contribution in [0.4, 0.5) is 0 Å². The number of nitrogens with one attached hydrogen (secondary N) is 1. The number of aromatic nitrogens is 4. The number of carbonyl (C=O) groups excluding carboxylic acids is 1. The molecule has 128 valence electrons. The van der Waals surface area contributed by atoms with Gasteiger partial charge in [-0.05, 0) is 37.8 Å². The van der Waals surface area contributed by atoms with Crippen molar-refractivity contribution < 1.29 is 4.79 Å². The summed E-state index contributed by atoms with van der Waals surface area (Å²) < 4.78 is 0. The first-order valence-electron chi connectivity index (χ1n) is 8.70. The Kier molecular flexibility index (Phi) is 4.17. The van der Waals surface area contributed by atoms with E-state index in [-0.39, 0.29) is 5.91 Å². The summed E-state index contributed by atoms with van der Waals surface area (Å²) in [6, 6.07) is 8.06. The number of para-hydroxylation sites is 2. The number of hydrogen-bond acceptors (Lipinski definition) is 4. The van der Waals surface area contributed by atoms with E-state index in [2.05, 4.69) is 19.9 Å². The minimum absolute atomic E-state index is 0.0261. The summed E-state index contributed by atoms with van der Waals surface area (Å²) >= 11 is 0. The number of fused-ring (bicyclic) bond motifs is 1. The fourth-order valence-corrected chi connectivity index (χ4v) is 3.46. The Hall–Kier alpha value is -2.76. The summed E-state index contributed by atoms with van der Waals surface area (Å²) in [6.45, 7) is 3.39. The Morgan fingerprint density at radius 1 is 1.28 bits per heavy atom. The largest absolute Gasteiger partial charge is 0.342 e. The van der Waals surface area contributed by atoms with E-state index < -0.39 is 0 Å². The number of aromatic amines is 1. The van der Waals surface area contributed by atoms with E-state index in [1.165, 1.54) is 0 Å². The number of amides is 1. The highest BCUT2D eigenvalue weighted by molar-refractivity contribution is 5.92. The van der Waals surface area contributed by atoms with E-state index >= 15 is 0 Å². The molecule has 1 saturated heterocycles. The van der Waals surface area contributed by atoms with Gasteiger partial charge in [0.1, 0.15) is 11.5 Å². The van der Waals surface area contributed by atoms with Gasteiger partial charge in [-0.15, -0.1) is 0 Å². The second-order valence-electron chi connectivity index (χ2n) is 6.71. The number of benzene rings is 1. The monoisotopic (exact) mass is 335 g/mol. The fourth-order valence-electron chi connectivity index (χ4n) is 3.46. The maximum atomic E-state index is 12.6. The molecule has 1 fully saturated rings. The molecule has 25 heavy (non-hydrogen) atoms. The second-order valence-corrected chi connectivity index (χ2v) is 6.71. The minimum atomic E-state index is -0.0261. The first kappa shape index (κ1) is 15.7. The van der Waals surface area contributed by atoms with Crippen molar-refractivity contribution in [2.45, 2.75) is 26.2 Å². The molecule has 1 aliphatic rings. The number of hydrogen-bond donors (Lipinski definition) is 1. The maximum Gasteiger partial charge on any atom is 0.274 e. The lowest BCUT2D eigenvalue weighted by Gasteiger charge is -2.32. The van der Waals surface area contributed by atoms with Crippen molar-refractivity contribution in [3.05, 3.63) is 53.9 Å². The lowest BCUT2D eigenvalue weighted by molar-refractivity contribution is 0.0666. The van der Waals surface area contributed by atoms with Crippen LogP contribution in [0.15, 0.2) is 36.7 Å². The molecule has 0 saturated carbocycles. The molecule has 6 heteroatoms. The lowest BCUT2D eigenvalue weighted by atomic mass is 9.94. The van der Waals surface area contributed by atoms with Gasteiger partial charge in [-0.25, -0.2) is 9.97 Å². The number of imidazole rings is 1. The Labute approximate surface area is 146 Å². The van der Waals surface area contributed by atoms with Crippen LogP contribution in [0.2, 0.25) is 0 Å². The van der Waals surface area contributed by atoms with Crippen molar-refractivity contribution in [1.82, 2.24) is 24.8 Å². The lowest BCUT2D eigenvalue weighted by Crippen LogP contribution is -2.41. The van der Waals surface area contributed by atoms with Crippen molar-refractivity contribution in [2.75, 3.05) is 13.1 Å². The normalized spacial score (nSPS) is 17.8. The van der Waals surface area contributed by atoms with E-state index in [0.717, 1.165) is 54.9 Å². The van der Waals surface area contributed by atoms with Crippen LogP contribution < -0.4 is 0 Å². The van der Waals surface area contributed by atoms with Crippen LogP contribution >= 0.6 is 0 Å². The second kappa shape index (κ2) is 6.63. The molecule has 1 aromatic carbocycles. The van der Waals surface area contributed by atoms with E-state index in [9.17, 15) is 4.79 Å². The van der Waals surface area contributed by atoms with E-state index in [4.69, 9.17) is 0 Å². The third-order valence-corrected chi connectivity index (χ3v) is 4.73. The third kappa shape index (κ3) is 3.38. The van der Waals surface area contributed by atoms with Gasteiger partial charge >= 0.3 is 0 Å². The number of likely N-dealkylation sites (tertiary alicyclic amines) is 1. The van der Waals surface area contributed by atoms with E-state index in [1.54, 1.807) is 12.4 Å². The minimum Gasteiger partial charge on any atom is -0.342 e. The van der Waals surface area contributed by atoms with E-state index in [1.807, 2.05) is 36.1 Å². The molecule has 0 bridgehead atoms. The highest BCUT2D eigenvalue weighted by Gasteiger charge is 2.26. The average Bonchev–Trinajstić information content (AvgIpc) is 3.04. The van der Waals surface area contributed by atoms with Gasteiger partial charge in [-0.1, -0.05) is 12.1 Å². The zero-order valence-corrected chi connectivity index (χ0v) is 14.3. The molecule has 0 spiro atoms. The van der Waals surface area contributed by atoms with Crippen molar-refractivity contribution in [3.8, 4) is 0 Å². The summed E-state index contributed by atoms with van der Waals surface area (Å²) in [4.78, 5) is 31.0. The van der Waals surface area contributed by atoms with Gasteiger partial charge in [0.25, 0.3) is 5.91 Å². The number of nitrogens with zero attached hydrogens (tertiary/aromatic N) is 4. The SMILES string of the molecule is Cc1cnc(C(=O)N2CCC[C@H](Cc3nc4ccccc4[nH]3)C2)cn1. The molecule has 2 aromatic heterocycles. The number of H-pyrrole nitrogens is 1. The Morgan fingerprint density at radius 3 is 2.96 bits per heavy atom. The zero-order chi connectivity index (χ0) is 17.2. The number of aryl methyl sites for hydroxylation is 1. The summed E-state index contributed by atoms with van der Waals surface area (Å²) in [7, 11) is 0. The fraction of sp³-hybridized carbons (Fsp3) is 0.368. The van der Waals surface area contributed by atoms with Gasteiger partial charge in [0.05, 0.1) is 22.9 Å². The topological polar surface area (TPSA) is 74.8 Å². The molecule has 0 unspecified atom stereocenters. The van der Waals surface area contributed by atoms with Crippen LogP contribution in [0.1, 0.15) is 34.8 Å². The predicted octanol–water partition coefficient (Wildman–Crippen LogP) is 2.76. The molecule has 6 nitrogen and oxygen atoms in total. The average molecular weight is 335 g/mol. The number of piperidine rings is 1. The molecular weight excluding hydrogens is 314 g/mol. The Balaban J connectivity index is 1.45. The molecule has 1 aliphatic heterocycles. The standard InChI is InChI=1S/C19H21N5O/c1-13-10-21-17(11-20-13)19(25)24-8-4-5-14(12-24)9-18-22-15-6-2-3-7-16(15)23-18/h2-3,6-7,10-11,14H,4-5,8-9,12H2,1H3,(H,22,23)/t14-/m1/s1. The van der Waals surface area contributed by atoms with Crippen LogP contribution in [-0.4, -0.2) is 43.8 Å². The smallest absolute Gasteiger partial charge is 0.274 e. The molecule has 1 atom stereocenters. The zero-order valence-electron chi connectivity index (χ0n) is 14.3. The van der Waals surface area contributed by atoms with Gasteiger partial charge in [0.2, 0.25) is 0 Å². The van der Waals surface area contributed by atoms with Crippen LogP contribution in [0.5, 0.6) is 0 Å². The highest BCUT2D eigenvalue weighted by atomic mass is 16.2. The Bertz CT molecular complexity index is 853. The highest BCUT2D eigenvalue weighted by Crippen LogP contribution is 2.22. The summed E-state index contributed by atoms with van der Waals surface area (Å²) in [5, 5.41) is 0. The van der Waals surface area contributed by atoms with Gasteiger partial charge in [0.15, 0.2) is 0 Å². The van der Waals surface area contributed by atoms with Gasteiger partial charge in [-0.3, -0.25) is 9.78 Å². The van der Waals surface area contributed by atoms with E-state index in [0.29, 0.717) is 11.6 Å². The third-order valence-electron chi connectivity index (χ3n) is 4.73. The maximum absolute atomic E-state index is 12.6. The van der Waals surface area contributed by atoms with Crippen molar-refractivity contribution in [2.24, 2.45) is 5.92 Å². The molecule has 0 aliphatic carbocycles. The van der Waals surface area contributed by atoms with Crippen LogP contribution in [0, 0.1) is 12.8 Å². The predicted molar refractivity (Wildman–Crippen MR) is 95.2 cm³/mol. The molecule has 4 rings (SSSR count).